The number of rotatable bonds is 3. The number of amides is 1. The monoisotopic (exact) mass is 247 g/mol. The molecule has 1 fully saturated rings. The molecule has 4 heteroatoms. The molecule has 1 N–H and O–H groups in total. The van der Waals surface area contributed by atoms with E-state index in [0.717, 1.165) is 11.8 Å². The maximum absolute atomic E-state index is 11.4. The average molecular weight is 247 g/mol. The van der Waals surface area contributed by atoms with Crippen molar-refractivity contribution in [3.63, 3.8) is 0 Å². The lowest BCUT2D eigenvalue weighted by atomic mass is 9.75. The number of benzene rings is 1. The van der Waals surface area contributed by atoms with Gasteiger partial charge < -0.3 is 14.8 Å². The second-order valence-electron chi connectivity index (χ2n) is 4.91. The molecular weight excluding hydrogens is 230 g/mol. The highest BCUT2D eigenvalue weighted by Gasteiger charge is 2.35. The highest BCUT2D eigenvalue weighted by Crippen LogP contribution is 2.33. The molecule has 0 aliphatic carbocycles. The summed E-state index contributed by atoms with van der Waals surface area (Å²) < 4.78 is 0. The Labute approximate surface area is 106 Å². The van der Waals surface area contributed by atoms with Crippen LogP contribution in [0.25, 0.3) is 0 Å². The number of hydrogen-bond acceptors (Lipinski definition) is 2. The Kier molecular flexibility index (Phi) is 3.65. The third-order valence-corrected chi connectivity index (χ3v) is 3.68. The first-order valence-electron chi connectivity index (χ1n) is 6.13. The molecule has 1 amide bonds. The van der Waals surface area contributed by atoms with Crippen molar-refractivity contribution in [3.05, 3.63) is 35.9 Å². The number of carbonyl (C=O) groups excluding carboxylic acids is 1. The lowest BCUT2D eigenvalue weighted by Gasteiger charge is -2.37. The van der Waals surface area contributed by atoms with Gasteiger partial charge in [0.1, 0.15) is 6.29 Å². The number of piperidine rings is 1. The third kappa shape index (κ3) is 2.70. The van der Waals surface area contributed by atoms with E-state index in [4.69, 9.17) is 5.11 Å². The zero-order valence-electron chi connectivity index (χ0n) is 10.2. The van der Waals surface area contributed by atoms with Crippen LogP contribution in [0.5, 0.6) is 0 Å². The second-order valence-corrected chi connectivity index (χ2v) is 4.91. The molecule has 1 saturated heterocycles. The topological polar surface area (TPSA) is 57.6 Å². The normalized spacial score (nSPS) is 18.3. The predicted molar refractivity (Wildman–Crippen MR) is 67.5 cm³/mol. The summed E-state index contributed by atoms with van der Waals surface area (Å²) in [6, 6.07) is 9.88. The fourth-order valence-corrected chi connectivity index (χ4v) is 2.48. The van der Waals surface area contributed by atoms with E-state index < -0.39 is 11.5 Å². The van der Waals surface area contributed by atoms with Crippen molar-refractivity contribution in [2.45, 2.75) is 19.3 Å². The van der Waals surface area contributed by atoms with E-state index in [9.17, 15) is 9.59 Å². The number of aldehydes is 1. The van der Waals surface area contributed by atoms with E-state index in [0.29, 0.717) is 32.4 Å². The van der Waals surface area contributed by atoms with Crippen LogP contribution in [0.3, 0.4) is 0 Å². The van der Waals surface area contributed by atoms with E-state index in [-0.39, 0.29) is 0 Å². The molecule has 1 aromatic rings. The van der Waals surface area contributed by atoms with Crippen LogP contribution in [0, 0.1) is 5.41 Å². The van der Waals surface area contributed by atoms with Gasteiger partial charge in [0, 0.05) is 18.5 Å². The smallest absolute Gasteiger partial charge is 0.407 e. The molecule has 0 unspecified atom stereocenters. The lowest BCUT2D eigenvalue weighted by molar-refractivity contribution is -0.118. The molecule has 1 heterocycles. The van der Waals surface area contributed by atoms with Gasteiger partial charge in [0.15, 0.2) is 0 Å². The molecule has 96 valence electrons. The van der Waals surface area contributed by atoms with Crippen LogP contribution in [0.2, 0.25) is 0 Å². The summed E-state index contributed by atoms with van der Waals surface area (Å²) in [6.45, 7) is 0.891. The average Bonchev–Trinajstić information content (AvgIpc) is 2.40. The number of carbonyl (C=O) groups is 2. The third-order valence-electron chi connectivity index (χ3n) is 3.68. The summed E-state index contributed by atoms with van der Waals surface area (Å²) in [5.41, 5.74) is 0.737. The summed E-state index contributed by atoms with van der Waals surface area (Å²) in [4.78, 5) is 23.6. The van der Waals surface area contributed by atoms with Crippen LogP contribution in [0.15, 0.2) is 30.3 Å². The first-order valence-corrected chi connectivity index (χ1v) is 6.13. The van der Waals surface area contributed by atoms with Crippen molar-refractivity contribution in [1.82, 2.24) is 4.90 Å². The first kappa shape index (κ1) is 12.6. The van der Waals surface area contributed by atoms with E-state index in [2.05, 4.69) is 0 Å². The van der Waals surface area contributed by atoms with Crippen molar-refractivity contribution < 1.29 is 14.7 Å². The lowest BCUT2D eigenvalue weighted by Crippen LogP contribution is -2.44. The highest BCUT2D eigenvalue weighted by molar-refractivity contribution is 5.66. The first-order chi connectivity index (χ1) is 8.65. The molecular formula is C14H17NO3. The molecule has 18 heavy (non-hydrogen) atoms. The van der Waals surface area contributed by atoms with Crippen LogP contribution in [0.1, 0.15) is 18.4 Å². The maximum atomic E-state index is 11.4. The molecule has 0 aromatic heterocycles. The standard InChI is InChI=1S/C14H17NO3/c16-11-14(10-12-4-2-1-3-5-12)6-8-15(9-7-14)13(17)18/h1-5,11H,6-10H2,(H,17,18). The van der Waals surface area contributed by atoms with Gasteiger partial charge in [-0.05, 0) is 24.8 Å². The molecule has 4 nitrogen and oxygen atoms in total. The highest BCUT2D eigenvalue weighted by atomic mass is 16.4. The van der Waals surface area contributed by atoms with E-state index in [1.54, 1.807) is 0 Å². The SMILES string of the molecule is O=CC1(Cc2ccccc2)CCN(C(=O)O)CC1. The summed E-state index contributed by atoms with van der Waals surface area (Å²) in [5.74, 6) is 0. The van der Waals surface area contributed by atoms with Gasteiger partial charge in [-0.1, -0.05) is 30.3 Å². The molecule has 1 aliphatic rings. The second kappa shape index (κ2) is 5.21. The van der Waals surface area contributed by atoms with E-state index in [1.165, 1.54) is 4.90 Å². The summed E-state index contributed by atoms with van der Waals surface area (Å²) in [6.07, 6.45) is 2.04. The van der Waals surface area contributed by atoms with Gasteiger partial charge in [0.25, 0.3) is 0 Å². The quantitative estimate of drug-likeness (QED) is 0.833. The fraction of sp³-hybridized carbons (Fsp3) is 0.429. The van der Waals surface area contributed by atoms with Crippen molar-refractivity contribution >= 4 is 12.4 Å². The largest absolute Gasteiger partial charge is 0.465 e. The molecule has 0 atom stereocenters. The Morgan fingerprint density at radius 1 is 1.28 bits per heavy atom. The van der Waals surface area contributed by atoms with Gasteiger partial charge in [-0.15, -0.1) is 0 Å². The minimum atomic E-state index is -0.894. The Balaban J connectivity index is 2.05. The zero-order chi connectivity index (χ0) is 13.0. The minimum absolute atomic E-state index is 0.396. The van der Waals surface area contributed by atoms with E-state index in [1.807, 2.05) is 30.3 Å². The number of carboxylic acid groups (broad SMARTS) is 1. The van der Waals surface area contributed by atoms with E-state index >= 15 is 0 Å². The Morgan fingerprint density at radius 3 is 2.39 bits per heavy atom. The van der Waals surface area contributed by atoms with Crippen molar-refractivity contribution in [2.75, 3.05) is 13.1 Å². The van der Waals surface area contributed by atoms with Gasteiger partial charge >= 0.3 is 6.09 Å². The van der Waals surface area contributed by atoms with Crippen LogP contribution >= 0.6 is 0 Å². The Bertz CT molecular complexity index is 422. The molecule has 0 saturated carbocycles. The van der Waals surface area contributed by atoms with Gasteiger partial charge in [-0.3, -0.25) is 0 Å². The van der Waals surface area contributed by atoms with Gasteiger partial charge in [0.2, 0.25) is 0 Å². The van der Waals surface area contributed by atoms with Crippen LogP contribution in [0.4, 0.5) is 4.79 Å². The Morgan fingerprint density at radius 2 is 1.89 bits per heavy atom. The van der Waals surface area contributed by atoms with Gasteiger partial charge in [-0.2, -0.15) is 0 Å². The van der Waals surface area contributed by atoms with Gasteiger partial charge in [0.05, 0.1) is 0 Å². The molecule has 2 rings (SSSR count). The number of nitrogens with zero attached hydrogens (tertiary/aromatic N) is 1. The zero-order valence-corrected chi connectivity index (χ0v) is 10.2. The van der Waals surface area contributed by atoms with Crippen LogP contribution < -0.4 is 0 Å². The number of hydrogen-bond donors (Lipinski definition) is 1. The molecule has 1 aliphatic heterocycles. The fourth-order valence-electron chi connectivity index (χ4n) is 2.48. The van der Waals surface area contributed by atoms with Crippen LogP contribution in [-0.4, -0.2) is 35.5 Å². The van der Waals surface area contributed by atoms with Crippen molar-refractivity contribution in [3.8, 4) is 0 Å². The van der Waals surface area contributed by atoms with Crippen molar-refractivity contribution in [1.29, 1.82) is 0 Å². The summed E-state index contributed by atoms with van der Waals surface area (Å²) in [7, 11) is 0. The number of likely N-dealkylation sites (tertiary alicyclic amines) is 1. The Hall–Kier alpha value is -1.84. The van der Waals surface area contributed by atoms with Gasteiger partial charge in [-0.25, -0.2) is 4.79 Å². The predicted octanol–water partition coefficient (Wildman–Crippen LogP) is 2.19. The minimum Gasteiger partial charge on any atom is -0.465 e. The summed E-state index contributed by atoms with van der Waals surface area (Å²) >= 11 is 0. The molecule has 0 radical (unpaired) electrons. The van der Waals surface area contributed by atoms with Crippen molar-refractivity contribution in [2.24, 2.45) is 5.41 Å². The maximum Gasteiger partial charge on any atom is 0.407 e. The van der Waals surface area contributed by atoms with Crippen LogP contribution in [-0.2, 0) is 11.2 Å². The molecule has 0 spiro atoms. The molecule has 1 aromatic carbocycles. The molecule has 0 bridgehead atoms. The summed E-state index contributed by atoms with van der Waals surface area (Å²) in [5, 5.41) is 8.91.